The van der Waals surface area contributed by atoms with E-state index < -0.39 is 0 Å². The first-order chi connectivity index (χ1) is 13.0. The lowest BCUT2D eigenvalue weighted by Crippen LogP contribution is -2.49. The SMILES string of the molecule is CN1CCC(=O)C2(CCN(C(c3ccc(F)cc3)c3ccc(F)cc3)C2)C1. The summed E-state index contributed by atoms with van der Waals surface area (Å²) in [7, 11) is 2.06. The maximum atomic E-state index is 13.4. The maximum absolute atomic E-state index is 13.4. The van der Waals surface area contributed by atoms with Gasteiger partial charge in [0.05, 0.1) is 11.5 Å². The van der Waals surface area contributed by atoms with Crippen LogP contribution in [0.4, 0.5) is 8.78 Å². The second-order valence-electron chi connectivity index (χ2n) is 7.92. The highest BCUT2D eigenvalue weighted by Crippen LogP contribution is 2.41. The van der Waals surface area contributed by atoms with Crippen LogP contribution in [0.15, 0.2) is 48.5 Å². The van der Waals surface area contributed by atoms with E-state index in [1.807, 2.05) is 0 Å². The zero-order chi connectivity index (χ0) is 19.0. The highest BCUT2D eigenvalue weighted by molar-refractivity contribution is 5.86. The largest absolute Gasteiger partial charge is 0.305 e. The van der Waals surface area contributed by atoms with E-state index in [1.165, 1.54) is 24.3 Å². The summed E-state index contributed by atoms with van der Waals surface area (Å²) >= 11 is 0. The van der Waals surface area contributed by atoms with Gasteiger partial charge in [-0.25, -0.2) is 8.78 Å². The Bertz CT molecular complexity index is 776. The third-order valence-electron chi connectivity index (χ3n) is 6.00. The minimum atomic E-state index is -0.328. The number of hydrogen-bond acceptors (Lipinski definition) is 3. The zero-order valence-corrected chi connectivity index (χ0v) is 15.5. The summed E-state index contributed by atoms with van der Waals surface area (Å²) in [6.45, 7) is 3.07. The van der Waals surface area contributed by atoms with E-state index in [-0.39, 0.29) is 23.1 Å². The van der Waals surface area contributed by atoms with E-state index in [2.05, 4.69) is 16.8 Å². The molecule has 1 spiro atoms. The smallest absolute Gasteiger partial charge is 0.142 e. The standard InChI is InChI=1S/C22H24F2N2O/c1-25-12-10-20(27)22(14-25)11-13-26(15-22)21(16-2-6-18(23)7-3-16)17-4-8-19(24)9-5-17/h2-9,21H,10-15H2,1H3. The van der Waals surface area contributed by atoms with Gasteiger partial charge < -0.3 is 4.90 Å². The first-order valence-electron chi connectivity index (χ1n) is 9.44. The fraction of sp³-hybridized carbons (Fsp3) is 0.409. The van der Waals surface area contributed by atoms with E-state index in [9.17, 15) is 13.6 Å². The summed E-state index contributed by atoms with van der Waals surface area (Å²) in [5.74, 6) is -0.211. The Morgan fingerprint density at radius 2 is 1.44 bits per heavy atom. The van der Waals surface area contributed by atoms with Crippen molar-refractivity contribution in [3.8, 4) is 0 Å². The second-order valence-corrected chi connectivity index (χ2v) is 7.92. The molecule has 2 aliphatic heterocycles. The van der Waals surface area contributed by atoms with Crippen molar-refractivity contribution in [3.05, 3.63) is 71.3 Å². The topological polar surface area (TPSA) is 23.6 Å². The fourth-order valence-corrected chi connectivity index (χ4v) is 4.63. The van der Waals surface area contributed by atoms with Crippen molar-refractivity contribution in [2.45, 2.75) is 18.9 Å². The van der Waals surface area contributed by atoms with Gasteiger partial charge in [0, 0.05) is 32.6 Å². The number of Topliss-reactive ketones (excluding diaryl/α,β-unsaturated/α-hetero) is 1. The number of carbonyl (C=O) groups excluding carboxylic acids is 1. The summed E-state index contributed by atoms with van der Waals surface area (Å²) in [5.41, 5.74) is 1.58. The summed E-state index contributed by atoms with van der Waals surface area (Å²) in [6, 6.07) is 12.8. The molecule has 0 saturated carbocycles. The number of likely N-dealkylation sites (tertiary alicyclic amines) is 2. The van der Waals surface area contributed by atoms with Crippen LogP contribution in [0.2, 0.25) is 0 Å². The van der Waals surface area contributed by atoms with Crippen LogP contribution in [0, 0.1) is 17.0 Å². The third-order valence-corrected chi connectivity index (χ3v) is 6.00. The lowest BCUT2D eigenvalue weighted by molar-refractivity contribution is -0.132. The van der Waals surface area contributed by atoms with Crippen LogP contribution in [0.25, 0.3) is 0 Å². The van der Waals surface area contributed by atoms with Gasteiger partial charge in [-0.3, -0.25) is 9.69 Å². The molecule has 27 heavy (non-hydrogen) atoms. The molecular formula is C22H24F2N2O. The lowest BCUT2D eigenvalue weighted by Gasteiger charge is -2.38. The highest BCUT2D eigenvalue weighted by atomic mass is 19.1. The molecule has 5 heteroatoms. The number of carbonyl (C=O) groups is 1. The molecule has 0 bridgehead atoms. The Morgan fingerprint density at radius 1 is 0.889 bits per heavy atom. The van der Waals surface area contributed by atoms with Crippen molar-refractivity contribution >= 4 is 5.78 Å². The van der Waals surface area contributed by atoms with Crippen molar-refractivity contribution in [3.63, 3.8) is 0 Å². The Balaban J connectivity index is 1.68. The number of ketones is 1. The number of piperidine rings is 1. The van der Waals surface area contributed by atoms with Crippen LogP contribution in [-0.4, -0.2) is 48.8 Å². The van der Waals surface area contributed by atoms with Crippen LogP contribution in [0.5, 0.6) is 0 Å². The molecule has 2 aromatic rings. The number of halogens is 2. The van der Waals surface area contributed by atoms with Crippen LogP contribution in [-0.2, 0) is 4.79 Å². The molecule has 0 amide bonds. The summed E-state index contributed by atoms with van der Waals surface area (Å²) < 4.78 is 26.9. The van der Waals surface area contributed by atoms with Gasteiger partial charge >= 0.3 is 0 Å². The number of hydrogen-bond donors (Lipinski definition) is 0. The summed E-state index contributed by atoms with van der Waals surface area (Å²) in [4.78, 5) is 17.3. The van der Waals surface area contributed by atoms with Crippen molar-refractivity contribution in [2.75, 3.05) is 33.2 Å². The van der Waals surface area contributed by atoms with Gasteiger partial charge in [0.15, 0.2) is 0 Å². The molecule has 0 aliphatic carbocycles. The number of benzene rings is 2. The van der Waals surface area contributed by atoms with E-state index >= 15 is 0 Å². The molecule has 142 valence electrons. The third kappa shape index (κ3) is 3.54. The van der Waals surface area contributed by atoms with Gasteiger partial charge in [-0.1, -0.05) is 24.3 Å². The van der Waals surface area contributed by atoms with Crippen molar-refractivity contribution in [1.82, 2.24) is 9.80 Å². The second kappa shape index (κ2) is 7.13. The Labute approximate surface area is 158 Å². The van der Waals surface area contributed by atoms with Crippen molar-refractivity contribution in [2.24, 2.45) is 5.41 Å². The molecule has 1 atom stereocenters. The molecule has 1 unspecified atom stereocenters. The molecule has 2 saturated heterocycles. The first kappa shape index (κ1) is 18.3. The molecule has 0 radical (unpaired) electrons. The van der Waals surface area contributed by atoms with Gasteiger partial charge in [-0.15, -0.1) is 0 Å². The molecule has 3 nitrogen and oxygen atoms in total. The Morgan fingerprint density at radius 3 is 2.00 bits per heavy atom. The van der Waals surface area contributed by atoms with Gasteiger partial charge in [-0.05, 0) is 48.9 Å². The Kier molecular flexibility index (Phi) is 4.82. The molecular weight excluding hydrogens is 346 g/mol. The molecule has 2 heterocycles. The fourth-order valence-electron chi connectivity index (χ4n) is 4.63. The summed E-state index contributed by atoms with van der Waals surface area (Å²) in [5, 5.41) is 0. The lowest BCUT2D eigenvalue weighted by atomic mass is 9.78. The van der Waals surface area contributed by atoms with E-state index in [1.54, 1.807) is 24.3 Å². The van der Waals surface area contributed by atoms with E-state index in [0.717, 1.165) is 37.2 Å². The van der Waals surface area contributed by atoms with Crippen LogP contribution in [0.3, 0.4) is 0 Å². The average molecular weight is 370 g/mol. The molecule has 2 aliphatic rings. The van der Waals surface area contributed by atoms with Crippen LogP contribution in [0.1, 0.15) is 30.0 Å². The van der Waals surface area contributed by atoms with Crippen LogP contribution >= 0.6 is 0 Å². The number of rotatable bonds is 3. The quantitative estimate of drug-likeness (QED) is 0.824. The molecule has 0 aromatic heterocycles. The first-order valence-corrected chi connectivity index (χ1v) is 9.44. The van der Waals surface area contributed by atoms with E-state index in [0.29, 0.717) is 18.7 Å². The normalized spacial score (nSPS) is 24.2. The molecule has 2 aromatic carbocycles. The molecule has 4 rings (SSSR count). The minimum absolute atomic E-state index is 0.120. The number of nitrogens with zero attached hydrogens (tertiary/aromatic N) is 2. The van der Waals surface area contributed by atoms with Crippen LogP contribution < -0.4 is 0 Å². The predicted molar refractivity (Wildman–Crippen MR) is 100 cm³/mol. The molecule has 2 fully saturated rings. The Hall–Kier alpha value is -2.11. The van der Waals surface area contributed by atoms with Gasteiger partial charge in [0.2, 0.25) is 0 Å². The van der Waals surface area contributed by atoms with Gasteiger partial charge in [0.25, 0.3) is 0 Å². The minimum Gasteiger partial charge on any atom is -0.305 e. The van der Waals surface area contributed by atoms with E-state index in [4.69, 9.17) is 0 Å². The summed E-state index contributed by atoms with van der Waals surface area (Å²) in [6.07, 6.45) is 1.43. The van der Waals surface area contributed by atoms with Crippen molar-refractivity contribution in [1.29, 1.82) is 0 Å². The average Bonchev–Trinajstić information content (AvgIpc) is 3.06. The molecule has 0 N–H and O–H groups in total. The maximum Gasteiger partial charge on any atom is 0.142 e. The monoisotopic (exact) mass is 370 g/mol. The highest BCUT2D eigenvalue weighted by Gasteiger charge is 2.48. The zero-order valence-electron chi connectivity index (χ0n) is 15.5. The van der Waals surface area contributed by atoms with Gasteiger partial charge in [0.1, 0.15) is 17.4 Å². The predicted octanol–water partition coefficient (Wildman–Crippen LogP) is 3.65. The van der Waals surface area contributed by atoms with Crippen molar-refractivity contribution < 1.29 is 13.6 Å². The van der Waals surface area contributed by atoms with Gasteiger partial charge in [-0.2, -0.15) is 0 Å².